The van der Waals surface area contributed by atoms with Crippen LogP contribution in [0.5, 0.6) is 0 Å². The molecule has 0 radical (unpaired) electrons. The molecule has 7 heteroatoms. The first-order valence-corrected chi connectivity index (χ1v) is 7.17. The largest absolute Gasteiger partial charge is 0.379 e. The summed E-state index contributed by atoms with van der Waals surface area (Å²) in [5.41, 5.74) is 1.10. The highest BCUT2D eigenvalue weighted by Gasteiger charge is 2.21. The molecule has 0 aliphatic carbocycles. The molecule has 1 aliphatic heterocycles. The van der Waals surface area contributed by atoms with Crippen LogP contribution >= 0.6 is 0 Å². The van der Waals surface area contributed by atoms with Gasteiger partial charge in [0.1, 0.15) is 11.4 Å². The van der Waals surface area contributed by atoms with Crippen molar-refractivity contribution in [2.45, 2.75) is 19.4 Å². The average molecular weight is 295 g/mol. The van der Waals surface area contributed by atoms with Gasteiger partial charge < -0.3 is 20.1 Å². The van der Waals surface area contributed by atoms with Gasteiger partial charge in [-0.1, -0.05) is 13.0 Å². The van der Waals surface area contributed by atoms with Crippen LogP contribution in [0.3, 0.4) is 0 Å². The van der Waals surface area contributed by atoms with Crippen molar-refractivity contribution >= 4 is 17.1 Å². The van der Waals surface area contributed by atoms with Crippen LogP contribution in [-0.2, 0) is 9.47 Å². The summed E-state index contributed by atoms with van der Waals surface area (Å²) in [7, 11) is 0. The van der Waals surface area contributed by atoms with Gasteiger partial charge in [0.15, 0.2) is 0 Å². The summed E-state index contributed by atoms with van der Waals surface area (Å²) in [6.07, 6.45) is 0.827. The zero-order valence-electron chi connectivity index (χ0n) is 12.1. The van der Waals surface area contributed by atoms with Crippen molar-refractivity contribution in [3.63, 3.8) is 0 Å². The summed E-state index contributed by atoms with van der Waals surface area (Å²) in [4.78, 5) is 11.0. The summed E-state index contributed by atoms with van der Waals surface area (Å²) >= 11 is 0. The topological polar surface area (TPSA) is 85.7 Å². The Morgan fingerprint density at radius 2 is 2.10 bits per heavy atom. The number of benzene rings is 1. The van der Waals surface area contributed by atoms with Crippen LogP contribution in [0.1, 0.15) is 13.3 Å². The Balaban J connectivity index is 2.07. The first-order chi connectivity index (χ1) is 10.2. The summed E-state index contributed by atoms with van der Waals surface area (Å²) in [6, 6.07) is 5.23. The summed E-state index contributed by atoms with van der Waals surface area (Å²) in [6.45, 7) is 4.87. The van der Waals surface area contributed by atoms with Gasteiger partial charge in [-0.3, -0.25) is 10.1 Å². The Bertz CT molecular complexity index is 475. The third-order valence-corrected chi connectivity index (χ3v) is 3.19. The van der Waals surface area contributed by atoms with E-state index in [0.29, 0.717) is 44.3 Å². The van der Waals surface area contributed by atoms with Crippen LogP contribution in [0.15, 0.2) is 18.2 Å². The highest BCUT2D eigenvalue weighted by atomic mass is 16.6. The van der Waals surface area contributed by atoms with Crippen LogP contribution < -0.4 is 10.6 Å². The maximum Gasteiger partial charge on any atom is 0.315 e. The molecule has 21 heavy (non-hydrogen) atoms. The lowest BCUT2D eigenvalue weighted by Crippen LogP contribution is -2.34. The minimum Gasteiger partial charge on any atom is -0.379 e. The molecule has 1 atom stereocenters. The molecule has 1 unspecified atom stereocenters. The molecule has 116 valence electrons. The third-order valence-electron chi connectivity index (χ3n) is 3.19. The smallest absolute Gasteiger partial charge is 0.315 e. The number of nitrogens with one attached hydrogen (secondary N) is 2. The molecular formula is C14H21N3O4. The second kappa shape index (κ2) is 7.80. The highest BCUT2D eigenvalue weighted by molar-refractivity contribution is 5.76. The zero-order chi connectivity index (χ0) is 15.1. The van der Waals surface area contributed by atoms with Gasteiger partial charge >= 0.3 is 5.69 Å². The van der Waals surface area contributed by atoms with Crippen LogP contribution in [0, 0.1) is 10.1 Å². The molecule has 1 fully saturated rings. The maximum atomic E-state index is 11.3. The first-order valence-electron chi connectivity index (χ1n) is 7.17. The van der Waals surface area contributed by atoms with Crippen LogP contribution in [0.4, 0.5) is 17.1 Å². The standard InChI is InChI=1S/C14H21N3O4/c1-2-6-15-12-4-3-5-13(14(12)17(18)19)16-9-11-10-20-7-8-21-11/h3-5,11,15-16H,2,6-10H2,1H3. The molecule has 0 spiro atoms. The minimum atomic E-state index is -0.363. The zero-order valence-corrected chi connectivity index (χ0v) is 12.1. The van der Waals surface area contributed by atoms with Crippen molar-refractivity contribution in [3.8, 4) is 0 Å². The fraction of sp³-hybridized carbons (Fsp3) is 0.571. The molecular weight excluding hydrogens is 274 g/mol. The minimum absolute atomic E-state index is 0.0719. The van der Waals surface area contributed by atoms with Gasteiger partial charge in [0, 0.05) is 13.1 Å². The second-order valence-corrected chi connectivity index (χ2v) is 4.83. The lowest BCUT2D eigenvalue weighted by molar-refractivity contribution is -0.383. The maximum absolute atomic E-state index is 11.3. The molecule has 1 heterocycles. The molecule has 2 rings (SSSR count). The predicted molar refractivity (Wildman–Crippen MR) is 80.9 cm³/mol. The summed E-state index contributed by atoms with van der Waals surface area (Å²) in [5, 5.41) is 17.5. The number of anilines is 2. The molecule has 0 bridgehead atoms. The van der Waals surface area contributed by atoms with E-state index in [1.165, 1.54) is 0 Å². The molecule has 7 nitrogen and oxygen atoms in total. The van der Waals surface area contributed by atoms with Gasteiger partial charge in [-0.2, -0.15) is 0 Å². The van der Waals surface area contributed by atoms with E-state index in [4.69, 9.17) is 9.47 Å². The fourth-order valence-corrected chi connectivity index (χ4v) is 2.16. The van der Waals surface area contributed by atoms with E-state index in [2.05, 4.69) is 10.6 Å². The van der Waals surface area contributed by atoms with E-state index in [-0.39, 0.29) is 16.7 Å². The Morgan fingerprint density at radius 1 is 1.33 bits per heavy atom. The van der Waals surface area contributed by atoms with E-state index in [0.717, 1.165) is 6.42 Å². The van der Waals surface area contributed by atoms with E-state index in [1.54, 1.807) is 18.2 Å². The van der Waals surface area contributed by atoms with E-state index in [9.17, 15) is 10.1 Å². The fourth-order valence-electron chi connectivity index (χ4n) is 2.16. The molecule has 1 aromatic carbocycles. The quantitative estimate of drug-likeness (QED) is 0.592. The number of hydrogen-bond acceptors (Lipinski definition) is 6. The van der Waals surface area contributed by atoms with Gasteiger partial charge in [-0.15, -0.1) is 0 Å². The van der Waals surface area contributed by atoms with Crippen LogP contribution in [0.2, 0.25) is 0 Å². The summed E-state index contributed by atoms with van der Waals surface area (Å²) in [5.74, 6) is 0. The first kappa shape index (κ1) is 15.5. The van der Waals surface area contributed by atoms with Gasteiger partial charge in [-0.25, -0.2) is 0 Å². The van der Waals surface area contributed by atoms with E-state index >= 15 is 0 Å². The number of nitro benzene ring substituents is 1. The molecule has 1 aliphatic rings. The Hall–Kier alpha value is -1.86. The number of para-hydroxylation sites is 1. The van der Waals surface area contributed by atoms with Crippen LogP contribution in [-0.4, -0.2) is 43.9 Å². The average Bonchev–Trinajstić information content (AvgIpc) is 2.51. The van der Waals surface area contributed by atoms with E-state index in [1.807, 2.05) is 6.92 Å². The molecule has 0 aromatic heterocycles. The van der Waals surface area contributed by atoms with E-state index < -0.39 is 0 Å². The predicted octanol–water partition coefficient (Wildman–Crippen LogP) is 2.24. The Kier molecular flexibility index (Phi) is 5.77. The van der Waals surface area contributed by atoms with Crippen LogP contribution in [0.25, 0.3) is 0 Å². The Labute approximate surface area is 123 Å². The SMILES string of the molecule is CCCNc1cccc(NCC2COCCO2)c1[N+](=O)[O-]. The second-order valence-electron chi connectivity index (χ2n) is 4.83. The molecule has 1 aromatic rings. The van der Waals surface area contributed by atoms with Crippen molar-refractivity contribution in [2.75, 3.05) is 43.5 Å². The highest BCUT2D eigenvalue weighted by Crippen LogP contribution is 2.32. The van der Waals surface area contributed by atoms with Crippen molar-refractivity contribution in [1.29, 1.82) is 0 Å². The van der Waals surface area contributed by atoms with Gasteiger partial charge in [0.25, 0.3) is 0 Å². The molecule has 0 saturated carbocycles. The Morgan fingerprint density at radius 3 is 2.71 bits per heavy atom. The lowest BCUT2D eigenvalue weighted by atomic mass is 10.2. The van der Waals surface area contributed by atoms with Crippen molar-refractivity contribution in [2.24, 2.45) is 0 Å². The number of hydrogen-bond donors (Lipinski definition) is 2. The molecule has 2 N–H and O–H groups in total. The van der Waals surface area contributed by atoms with Crippen molar-refractivity contribution < 1.29 is 14.4 Å². The third kappa shape index (κ3) is 4.30. The normalized spacial score (nSPS) is 18.2. The number of rotatable bonds is 7. The number of ether oxygens (including phenoxy) is 2. The summed E-state index contributed by atoms with van der Waals surface area (Å²) < 4.78 is 10.8. The lowest BCUT2D eigenvalue weighted by Gasteiger charge is -2.23. The number of nitrogens with zero attached hydrogens (tertiary/aromatic N) is 1. The van der Waals surface area contributed by atoms with Crippen molar-refractivity contribution in [1.82, 2.24) is 0 Å². The van der Waals surface area contributed by atoms with Gasteiger partial charge in [-0.05, 0) is 18.6 Å². The van der Waals surface area contributed by atoms with Gasteiger partial charge in [0.2, 0.25) is 0 Å². The molecule has 1 saturated heterocycles. The van der Waals surface area contributed by atoms with Crippen molar-refractivity contribution in [3.05, 3.63) is 28.3 Å². The number of nitro groups is 1. The monoisotopic (exact) mass is 295 g/mol. The molecule has 0 amide bonds. The van der Waals surface area contributed by atoms with Gasteiger partial charge in [0.05, 0.1) is 30.8 Å².